The van der Waals surface area contributed by atoms with Gasteiger partial charge >= 0.3 is 11.9 Å². The van der Waals surface area contributed by atoms with Gasteiger partial charge in [0.05, 0.1) is 11.5 Å². The molecule has 0 saturated carbocycles. The molecule has 0 bridgehead atoms. The first-order chi connectivity index (χ1) is 15.5. The molecule has 4 N–H and O–H groups in total. The molecule has 0 aliphatic carbocycles. The molecule has 2 rings (SSSR count). The van der Waals surface area contributed by atoms with E-state index in [1.54, 1.807) is 60.7 Å². The summed E-state index contributed by atoms with van der Waals surface area (Å²) < 4.78 is 53.4. The minimum Gasteiger partial charge on any atom is -0.480 e. The second kappa shape index (κ2) is 11.9. The van der Waals surface area contributed by atoms with Crippen LogP contribution in [0.3, 0.4) is 0 Å². The van der Waals surface area contributed by atoms with Gasteiger partial charge in [-0.3, -0.25) is 9.59 Å². The van der Waals surface area contributed by atoms with Crippen molar-refractivity contribution in [2.45, 2.75) is 31.3 Å². The molecule has 0 fully saturated rings. The summed E-state index contributed by atoms with van der Waals surface area (Å²) in [6, 6.07) is 14.1. The van der Waals surface area contributed by atoms with Gasteiger partial charge in [-0.2, -0.15) is 0 Å². The summed E-state index contributed by atoms with van der Waals surface area (Å²) in [5.74, 6) is -3.99. The lowest BCUT2D eigenvalue weighted by atomic mass is 10.1. The summed E-state index contributed by atoms with van der Waals surface area (Å²) in [6.45, 7) is 0. The lowest BCUT2D eigenvalue weighted by Gasteiger charge is -2.16. The van der Waals surface area contributed by atoms with E-state index in [2.05, 4.69) is 9.44 Å². The fourth-order valence-corrected chi connectivity index (χ4v) is 5.75. The van der Waals surface area contributed by atoms with E-state index in [4.69, 9.17) is 0 Å². The third kappa shape index (κ3) is 9.70. The van der Waals surface area contributed by atoms with Crippen LogP contribution in [-0.4, -0.2) is 62.6 Å². The fraction of sp³-hybridized carbons (Fsp3) is 0.333. The molecule has 12 heteroatoms. The van der Waals surface area contributed by atoms with Crippen LogP contribution in [0.1, 0.15) is 17.5 Å². The Bertz CT molecular complexity index is 1050. The highest BCUT2D eigenvalue weighted by Gasteiger charge is 2.27. The minimum atomic E-state index is -4.10. The molecule has 180 valence electrons. The van der Waals surface area contributed by atoms with Crippen LogP contribution in [0.4, 0.5) is 0 Å². The summed E-state index contributed by atoms with van der Waals surface area (Å²) in [6.07, 6.45) is -0.496. The zero-order chi connectivity index (χ0) is 24.5. The smallest absolute Gasteiger partial charge is 0.322 e. The van der Waals surface area contributed by atoms with Gasteiger partial charge in [-0.05, 0) is 30.4 Å². The van der Waals surface area contributed by atoms with Gasteiger partial charge in [0, 0.05) is 0 Å². The first-order valence-corrected chi connectivity index (χ1v) is 13.3. The highest BCUT2D eigenvalue weighted by molar-refractivity contribution is 7.90. The van der Waals surface area contributed by atoms with E-state index in [0.29, 0.717) is 11.1 Å². The molecule has 10 nitrogen and oxygen atoms in total. The number of carboxylic acid groups (broad SMARTS) is 2. The maximum Gasteiger partial charge on any atom is 0.322 e. The number of sulfonamides is 2. The maximum absolute atomic E-state index is 12.3. The summed E-state index contributed by atoms with van der Waals surface area (Å²) in [5.41, 5.74) is 1.25. The van der Waals surface area contributed by atoms with Gasteiger partial charge in [-0.25, -0.2) is 26.3 Å². The van der Waals surface area contributed by atoms with Crippen LogP contribution < -0.4 is 9.44 Å². The largest absolute Gasteiger partial charge is 0.480 e. The summed E-state index contributed by atoms with van der Waals surface area (Å²) in [7, 11) is -8.20. The highest BCUT2D eigenvalue weighted by Crippen LogP contribution is 2.07. The Morgan fingerprint density at radius 3 is 1.30 bits per heavy atom. The quantitative estimate of drug-likeness (QED) is 0.294. The van der Waals surface area contributed by atoms with Gasteiger partial charge in [-0.15, -0.1) is 0 Å². The van der Waals surface area contributed by atoms with Gasteiger partial charge in [0.15, 0.2) is 0 Å². The highest BCUT2D eigenvalue weighted by atomic mass is 32.2. The van der Waals surface area contributed by atoms with Gasteiger partial charge in [0.1, 0.15) is 12.1 Å². The minimum absolute atomic E-state index is 0.0744. The van der Waals surface area contributed by atoms with E-state index >= 15 is 0 Å². The number of aliphatic carboxylic acids is 2. The maximum atomic E-state index is 12.3. The molecule has 2 unspecified atom stereocenters. The van der Waals surface area contributed by atoms with E-state index in [1.165, 1.54) is 0 Å². The van der Waals surface area contributed by atoms with Crippen molar-refractivity contribution in [3.8, 4) is 0 Å². The number of hydrogen-bond acceptors (Lipinski definition) is 6. The molecule has 0 radical (unpaired) electrons. The van der Waals surface area contributed by atoms with Crippen LogP contribution in [0.15, 0.2) is 60.7 Å². The van der Waals surface area contributed by atoms with Crippen molar-refractivity contribution in [2.75, 3.05) is 11.5 Å². The van der Waals surface area contributed by atoms with Crippen molar-refractivity contribution < 1.29 is 36.6 Å². The topological polar surface area (TPSA) is 167 Å². The Morgan fingerprint density at radius 2 is 1.00 bits per heavy atom. The van der Waals surface area contributed by atoms with E-state index < -0.39 is 55.6 Å². The number of carbonyl (C=O) groups is 2. The van der Waals surface area contributed by atoms with Crippen molar-refractivity contribution in [3.63, 3.8) is 0 Å². The third-order valence-electron chi connectivity index (χ3n) is 4.63. The number of carboxylic acids is 2. The Kier molecular flexibility index (Phi) is 9.53. The van der Waals surface area contributed by atoms with E-state index in [0.717, 1.165) is 0 Å². The molecule has 0 saturated heterocycles. The molecule has 0 spiro atoms. The molecule has 2 atom stereocenters. The normalized spacial score (nSPS) is 13.8. The van der Waals surface area contributed by atoms with Crippen LogP contribution in [0.25, 0.3) is 0 Å². The molecule has 33 heavy (non-hydrogen) atoms. The van der Waals surface area contributed by atoms with Gasteiger partial charge < -0.3 is 10.2 Å². The van der Waals surface area contributed by atoms with Gasteiger partial charge in [0.2, 0.25) is 20.0 Å². The Labute approximate surface area is 192 Å². The van der Waals surface area contributed by atoms with Crippen molar-refractivity contribution in [1.82, 2.24) is 9.44 Å². The number of rotatable bonds is 14. The second-order valence-corrected chi connectivity index (χ2v) is 11.1. The van der Waals surface area contributed by atoms with Crippen molar-refractivity contribution in [1.29, 1.82) is 0 Å². The zero-order valence-corrected chi connectivity index (χ0v) is 19.3. The monoisotopic (exact) mass is 498 g/mol. The number of benzene rings is 2. The predicted octanol–water partition coefficient (Wildman–Crippen LogP) is 0.607. The molecule has 0 aromatic heterocycles. The SMILES string of the molecule is O=C(O)C(Cc1ccccc1)NS(=O)(=O)CCCS(=O)(=O)NC(Cc1ccccc1)C(=O)O. The molecular weight excluding hydrogens is 472 g/mol. The van der Waals surface area contributed by atoms with Crippen LogP contribution in [0.2, 0.25) is 0 Å². The van der Waals surface area contributed by atoms with Gasteiger partial charge in [-0.1, -0.05) is 60.7 Å². The van der Waals surface area contributed by atoms with Crippen molar-refractivity contribution in [2.24, 2.45) is 0 Å². The first kappa shape index (κ1) is 26.5. The first-order valence-electron chi connectivity index (χ1n) is 10.0. The molecule has 0 heterocycles. The number of hydrogen-bond donors (Lipinski definition) is 4. The Hall–Kier alpha value is -2.80. The fourth-order valence-electron chi connectivity index (χ4n) is 3.05. The third-order valence-corrected chi connectivity index (χ3v) is 7.57. The summed E-state index contributed by atoms with van der Waals surface area (Å²) in [4.78, 5) is 22.9. The molecule has 2 aromatic rings. The molecule has 0 aliphatic heterocycles. The van der Waals surface area contributed by atoms with Crippen LogP contribution >= 0.6 is 0 Å². The van der Waals surface area contributed by atoms with Crippen LogP contribution in [0, 0.1) is 0 Å². The summed E-state index contributed by atoms with van der Waals surface area (Å²) in [5, 5.41) is 18.7. The average molecular weight is 499 g/mol. The second-order valence-electron chi connectivity index (χ2n) is 7.39. The van der Waals surface area contributed by atoms with Crippen LogP contribution in [-0.2, 0) is 42.5 Å². The van der Waals surface area contributed by atoms with E-state index in [-0.39, 0.29) is 19.3 Å². The lowest BCUT2D eigenvalue weighted by molar-refractivity contribution is -0.139. The molecular formula is C21H26N2O8S2. The zero-order valence-electron chi connectivity index (χ0n) is 17.6. The van der Waals surface area contributed by atoms with Crippen LogP contribution in [0.5, 0.6) is 0 Å². The van der Waals surface area contributed by atoms with Gasteiger partial charge in [0.25, 0.3) is 0 Å². The van der Waals surface area contributed by atoms with Crippen molar-refractivity contribution in [3.05, 3.63) is 71.8 Å². The number of nitrogens with one attached hydrogen (secondary N) is 2. The molecule has 0 aliphatic rings. The molecule has 2 aromatic carbocycles. The van der Waals surface area contributed by atoms with E-state index in [9.17, 15) is 36.6 Å². The average Bonchev–Trinajstić information content (AvgIpc) is 2.73. The predicted molar refractivity (Wildman–Crippen MR) is 122 cm³/mol. The van der Waals surface area contributed by atoms with Crippen molar-refractivity contribution >= 4 is 32.0 Å². The van der Waals surface area contributed by atoms with E-state index in [1.807, 2.05) is 0 Å². The Balaban J connectivity index is 1.92. The summed E-state index contributed by atoms with van der Waals surface area (Å²) >= 11 is 0. The standard InChI is InChI=1S/C21H26N2O8S2/c24-20(25)18(14-16-8-3-1-4-9-16)22-32(28,29)12-7-13-33(30,31)23-19(21(26)27)15-17-10-5-2-6-11-17/h1-6,8-11,18-19,22-23H,7,12-15H2,(H,24,25)(H,26,27). The Morgan fingerprint density at radius 1 is 0.667 bits per heavy atom. The molecule has 0 amide bonds. The lowest BCUT2D eigenvalue weighted by Crippen LogP contribution is -2.44.